The average molecular weight is 338 g/mol. The molecule has 0 atom stereocenters. The number of carbonyl (C=O) groups excluding carboxylic acids is 1. The molecule has 4 nitrogen and oxygen atoms in total. The Labute approximate surface area is 145 Å². The summed E-state index contributed by atoms with van der Waals surface area (Å²) in [6.07, 6.45) is 0. The van der Waals surface area contributed by atoms with Gasteiger partial charge in [0.25, 0.3) is 0 Å². The highest BCUT2D eigenvalue weighted by atomic mass is 32.1. The fourth-order valence-electron chi connectivity index (χ4n) is 2.25. The Morgan fingerprint density at radius 1 is 1.12 bits per heavy atom. The lowest BCUT2D eigenvalue weighted by Gasteiger charge is -2.07. The second-order valence-electron chi connectivity index (χ2n) is 5.36. The van der Waals surface area contributed by atoms with Crippen LogP contribution in [0.1, 0.15) is 10.6 Å². The molecule has 0 saturated heterocycles. The van der Waals surface area contributed by atoms with Crippen LogP contribution < -0.4 is 5.32 Å². The summed E-state index contributed by atoms with van der Waals surface area (Å²) in [6.45, 7) is 2.44. The first kappa shape index (κ1) is 16.4. The number of rotatable bonds is 6. The van der Waals surface area contributed by atoms with Crippen molar-refractivity contribution in [3.8, 4) is 11.3 Å². The molecule has 0 aliphatic carbocycles. The number of benzene rings is 2. The number of carbonyl (C=O) groups is 1. The standard InChI is InChI=1S/C19H18N2O2S/c1-14-20-18(13-24-14)16-7-9-17(10-8-16)21-19(22)12-23-11-15-5-3-2-4-6-15/h2-10,13H,11-12H2,1H3,(H,21,22). The van der Waals surface area contributed by atoms with Crippen LogP contribution in [-0.4, -0.2) is 17.5 Å². The molecule has 1 N–H and O–H groups in total. The Morgan fingerprint density at radius 2 is 1.88 bits per heavy atom. The summed E-state index contributed by atoms with van der Waals surface area (Å²) in [7, 11) is 0. The van der Waals surface area contributed by atoms with Crippen molar-refractivity contribution in [3.63, 3.8) is 0 Å². The van der Waals surface area contributed by atoms with Crippen LogP contribution in [0.5, 0.6) is 0 Å². The van der Waals surface area contributed by atoms with Crippen LogP contribution in [-0.2, 0) is 16.1 Å². The minimum Gasteiger partial charge on any atom is -0.367 e. The largest absolute Gasteiger partial charge is 0.367 e. The third kappa shape index (κ3) is 4.50. The summed E-state index contributed by atoms with van der Waals surface area (Å²) in [5.41, 5.74) is 3.80. The maximum atomic E-state index is 11.9. The van der Waals surface area contributed by atoms with E-state index in [4.69, 9.17) is 4.74 Å². The third-order valence-corrected chi connectivity index (χ3v) is 4.20. The Kier molecular flexibility index (Phi) is 5.36. The second-order valence-corrected chi connectivity index (χ2v) is 6.42. The molecule has 0 aliphatic rings. The first-order valence-electron chi connectivity index (χ1n) is 7.65. The van der Waals surface area contributed by atoms with E-state index in [9.17, 15) is 4.79 Å². The van der Waals surface area contributed by atoms with Gasteiger partial charge in [0.1, 0.15) is 6.61 Å². The predicted molar refractivity (Wildman–Crippen MR) is 97.0 cm³/mol. The molecule has 0 saturated carbocycles. The van der Waals surface area contributed by atoms with Crippen molar-refractivity contribution in [2.24, 2.45) is 0 Å². The van der Waals surface area contributed by atoms with E-state index in [0.29, 0.717) is 6.61 Å². The lowest BCUT2D eigenvalue weighted by molar-refractivity contribution is -0.121. The molecule has 1 amide bonds. The molecular formula is C19H18N2O2S. The maximum Gasteiger partial charge on any atom is 0.250 e. The van der Waals surface area contributed by atoms with Gasteiger partial charge >= 0.3 is 0 Å². The number of hydrogen-bond acceptors (Lipinski definition) is 4. The van der Waals surface area contributed by atoms with Gasteiger partial charge in [-0.05, 0) is 24.6 Å². The molecule has 3 aromatic rings. The summed E-state index contributed by atoms with van der Waals surface area (Å²) in [5.74, 6) is -0.164. The highest BCUT2D eigenvalue weighted by molar-refractivity contribution is 7.09. The van der Waals surface area contributed by atoms with Crippen LogP contribution in [0.2, 0.25) is 0 Å². The predicted octanol–water partition coefficient (Wildman–Crippen LogP) is 4.27. The fraction of sp³-hybridized carbons (Fsp3) is 0.158. The molecule has 1 aromatic heterocycles. The van der Waals surface area contributed by atoms with Crippen molar-refractivity contribution in [2.45, 2.75) is 13.5 Å². The monoisotopic (exact) mass is 338 g/mol. The van der Waals surface area contributed by atoms with Gasteiger partial charge in [0.05, 0.1) is 17.3 Å². The summed E-state index contributed by atoms with van der Waals surface area (Å²) in [4.78, 5) is 16.4. The minimum absolute atomic E-state index is 0.0297. The Morgan fingerprint density at radius 3 is 2.54 bits per heavy atom. The van der Waals surface area contributed by atoms with Gasteiger partial charge in [0.2, 0.25) is 5.91 Å². The van der Waals surface area contributed by atoms with E-state index in [1.54, 1.807) is 11.3 Å². The van der Waals surface area contributed by atoms with Crippen molar-refractivity contribution < 1.29 is 9.53 Å². The highest BCUT2D eigenvalue weighted by Gasteiger charge is 2.05. The van der Waals surface area contributed by atoms with Crippen LogP contribution in [0.4, 0.5) is 5.69 Å². The van der Waals surface area contributed by atoms with Crippen LogP contribution in [0.25, 0.3) is 11.3 Å². The van der Waals surface area contributed by atoms with E-state index < -0.39 is 0 Å². The zero-order valence-electron chi connectivity index (χ0n) is 13.4. The molecule has 0 spiro atoms. The number of amides is 1. The van der Waals surface area contributed by atoms with Gasteiger partial charge in [-0.25, -0.2) is 4.98 Å². The summed E-state index contributed by atoms with van der Waals surface area (Å²) >= 11 is 1.62. The maximum absolute atomic E-state index is 11.9. The van der Waals surface area contributed by atoms with Gasteiger partial charge in [-0.2, -0.15) is 0 Å². The molecule has 5 heteroatoms. The summed E-state index contributed by atoms with van der Waals surface area (Å²) in [5, 5.41) is 5.90. The smallest absolute Gasteiger partial charge is 0.250 e. The van der Waals surface area contributed by atoms with Gasteiger partial charge in [-0.3, -0.25) is 4.79 Å². The molecule has 24 heavy (non-hydrogen) atoms. The molecule has 0 aliphatic heterocycles. The number of anilines is 1. The lowest BCUT2D eigenvalue weighted by atomic mass is 10.1. The van der Waals surface area contributed by atoms with Crippen molar-refractivity contribution in [1.29, 1.82) is 0 Å². The van der Waals surface area contributed by atoms with Crippen molar-refractivity contribution in [3.05, 3.63) is 70.5 Å². The van der Waals surface area contributed by atoms with E-state index in [2.05, 4.69) is 10.3 Å². The summed E-state index contributed by atoms with van der Waals surface area (Å²) < 4.78 is 5.43. The molecule has 0 fully saturated rings. The van der Waals surface area contributed by atoms with Gasteiger partial charge < -0.3 is 10.1 Å². The van der Waals surface area contributed by atoms with Gasteiger partial charge in [0, 0.05) is 16.6 Å². The number of nitrogens with one attached hydrogen (secondary N) is 1. The number of nitrogens with zero attached hydrogens (tertiary/aromatic N) is 1. The van der Waals surface area contributed by atoms with E-state index >= 15 is 0 Å². The first-order valence-corrected chi connectivity index (χ1v) is 8.53. The van der Waals surface area contributed by atoms with Crippen molar-refractivity contribution in [2.75, 3.05) is 11.9 Å². The molecule has 1 heterocycles. The van der Waals surface area contributed by atoms with Crippen LogP contribution in [0.3, 0.4) is 0 Å². The molecule has 3 rings (SSSR count). The minimum atomic E-state index is -0.164. The van der Waals surface area contributed by atoms with Crippen molar-refractivity contribution >= 4 is 22.9 Å². The molecule has 0 bridgehead atoms. The fourth-order valence-corrected chi connectivity index (χ4v) is 2.88. The first-order chi connectivity index (χ1) is 11.7. The Bertz CT molecular complexity index is 798. The molecular weight excluding hydrogens is 320 g/mol. The quantitative estimate of drug-likeness (QED) is 0.730. The number of aryl methyl sites for hydroxylation is 1. The van der Waals surface area contributed by atoms with Gasteiger partial charge in [-0.1, -0.05) is 42.5 Å². The Balaban J connectivity index is 1.49. The van der Waals surface area contributed by atoms with Crippen LogP contribution in [0, 0.1) is 6.92 Å². The molecule has 2 aromatic carbocycles. The molecule has 0 radical (unpaired) electrons. The Hall–Kier alpha value is -2.50. The van der Waals surface area contributed by atoms with Crippen molar-refractivity contribution in [1.82, 2.24) is 4.98 Å². The van der Waals surface area contributed by atoms with Crippen LogP contribution >= 0.6 is 11.3 Å². The topological polar surface area (TPSA) is 51.2 Å². The SMILES string of the molecule is Cc1nc(-c2ccc(NC(=O)COCc3ccccc3)cc2)cs1. The normalized spacial score (nSPS) is 10.5. The molecule has 0 unspecified atom stereocenters. The number of aromatic nitrogens is 1. The number of hydrogen-bond donors (Lipinski definition) is 1. The third-order valence-electron chi connectivity index (χ3n) is 3.43. The zero-order valence-corrected chi connectivity index (χ0v) is 14.2. The van der Waals surface area contributed by atoms with Gasteiger partial charge in [-0.15, -0.1) is 11.3 Å². The molecule has 122 valence electrons. The highest BCUT2D eigenvalue weighted by Crippen LogP contribution is 2.23. The second kappa shape index (κ2) is 7.86. The van der Waals surface area contributed by atoms with E-state index in [1.165, 1.54) is 0 Å². The summed E-state index contributed by atoms with van der Waals surface area (Å²) in [6, 6.07) is 17.4. The number of ether oxygens (including phenoxy) is 1. The average Bonchev–Trinajstić information content (AvgIpc) is 3.03. The van der Waals surface area contributed by atoms with Crippen LogP contribution in [0.15, 0.2) is 60.0 Å². The van der Waals surface area contributed by atoms with E-state index in [0.717, 1.165) is 27.5 Å². The number of thiazole rings is 1. The lowest BCUT2D eigenvalue weighted by Crippen LogP contribution is -2.18. The zero-order chi connectivity index (χ0) is 16.8. The van der Waals surface area contributed by atoms with Gasteiger partial charge in [0.15, 0.2) is 0 Å². The van der Waals surface area contributed by atoms with E-state index in [1.807, 2.05) is 66.9 Å². The van der Waals surface area contributed by atoms with E-state index in [-0.39, 0.29) is 12.5 Å².